The van der Waals surface area contributed by atoms with Crippen molar-refractivity contribution in [2.24, 2.45) is 0 Å². The lowest BCUT2D eigenvalue weighted by atomic mass is 10.0. The number of rotatable bonds is 5. The van der Waals surface area contributed by atoms with Crippen LogP contribution in [0.2, 0.25) is 0 Å². The van der Waals surface area contributed by atoms with Crippen LogP contribution in [0.1, 0.15) is 24.8 Å². The summed E-state index contributed by atoms with van der Waals surface area (Å²) in [5, 5.41) is 0. The average molecular weight is 267 g/mol. The second kappa shape index (κ2) is 6.87. The van der Waals surface area contributed by atoms with Gasteiger partial charge in [0.05, 0.1) is 13.7 Å². The molecular weight excluding hydrogens is 245 g/mol. The first-order valence-corrected chi connectivity index (χ1v) is 6.80. The summed E-state index contributed by atoms with van der Waals surface area (Å²) >= 11 is 0. The SMILES string of the molecule is COCC1CCCCN1Cc1ccc(OC)cc1F. The molecule has 106 valence electrons. The molecule has 1 saturated heterocycles. The number of methoxy groups -OCH3 is 2. The normalized spacial score (nSPS) is 20.5. The van der Waals surface area contributed by atoms with Crippen LogP contribution in [-0.4, -0.2) is 38.3 Å². The monoisotopic (exact) mass is 267 g/mol. The van der Waals surface area contributed by atoms with E-state index in [1.807, 2.05) is 12.1 Å². The Labute approximate surface area is 114 Å². The van der Waals surface area contributed by atoms with Gasteiger partial charge in [-0.25, -0.2) is 4.39 Å². The first-order chi connectivity index (χ1) is 9.24. The zero-order valence-electron chi connectivity index (χ0n) is 11.7. The van der Waals surface area contributed by atoms with Crippen molar-refractivity contribution in [2.45, 2.75) is 31.8 Å². The number of hydrogen-bond acceptors (Lipinski definition) is 3. The van der Waals surface area contributed by atoms with Crippen molar-refractivity contribution in [1.82, 2.24) is 4.90 Å². The average Bonchev–Trinajstić information content (AvgIpc) is 2.43. The van der Waals surface area contributed by atoms with Crippen molar-refractivity contribution in [1.29, 1.82) is 0 Å². The van der Waals surface area contributed by atoms with Gasteiger partial charge in [-0.2, -0.15) is 0 Å². The lowest BCUT2D eigenvalue weighted by molar-refractivity contribution is 0.0593. The number of piperidine rings is 1. The number of hydrogen-bond donors (Lipinski definition) is 0. The fourth-order valence-corrected chi connectivity index (χ4v) is 2.65. The summed E-state index contributed by atoms with van der Waals surface area (Å²) in [5.74, 6) is 0.370. The molecule has 1 fully saturated rings. The summed E-state index contributed by atoms with van der Waals surface area (Å²) in [6.07, 6.45) is 3.54. The molecular formula is C15H22FNO2. The fraction of sp³-hybridized carbons (Fsp3) is 0.600. The van der Waals surface area contributed by atoms with Crippen molar-refractivity contribution >= 4 is 0 Å². The standard InChI is InChI=1S/C15H22FNO2/c1-18-11-13-5-3-4-8-17(13)10-12-6-7-14(19-2)9-15(12)16/h6-7,9,13H,3-5,8,10-11H2,1-2H3. The topological polar surface area (TPSA) is 21.7 Å². The van der Waals surface area contributed by atoms with E-state index in [9.17, 15) is 4.39 Å². The third-order valence-corrected chi connectivity index (χ3v) is 3.74. The lowest BCUT2D eigenvalue weighted by Gasteiger charge is -2.35. The highest BCUT2D eigenvalue weighted by atomic mass is 19.1. The molecule has 0 amide bonds. The molecule has 1 aliphatic heterocycles. The molecule has 1 aliphatic rings. The Hall–Kier alpha value is -1.13. The van der Waals surface area contributed by atoms with Crippen LogP contribution in [0, 0.1) is 5.82 Å². The third kappa shape index (κ3) is 3.67. The third-order valence-electron chi connectivity index (χ3n) is 3.74. The predicted molar refractivity (Wildman–Crippen MR) is 72.9 cm³/mol. The van der Waals surface area contributed by atoms with Gasteiger partial charge in [0.2, 0.25) is 0 Å². The van der Waals surface area contributed by atoms with Crippen LogP contribution in [0.25, 0.3) is 0 Å². The maximum atomic E-state index is 14.0. The molecule has 4 heteroatoms. The van der Waals surface area contributed by atoms with Crippen LogP contribution < -0.4 is 4.74 Å². The van der Waals surface area contributed by atoms with E-state index in [1.165, 1.54) is 18.9 Å². The van der Waals surface area contributed by atoms with Crippen molar-refractivity contribution in [2.75, 3.05) is 27.4 Å². The molecule has 2 rings (SSSR count). The largest absolute Gasteiger partial charge is 0.497 e. The van der Waals surface area contributed by atoms with E-state index in [-0.39, 0.29) is 5.82 Å². The molecule has 1 unspecified atom stereocenters. The molecule has 0 spiro atoms. The van der Waals surface area contributed by atoms with Gasteiger partial charge in [0.1, 0.15) is 11.6 Å². The quantitative estimate of drug-likeness (QED) is 0.819. The molecule has 1 atom stereocenters. The first kappa shape index (κ1) is 14.3. The smallest absolute Gasteiger partial charge is 0.131 e. The van der Waals surface area contributed by atoms with Gasteiger partial charge in [-0.05, 0) is 25.5 Å². The van der Waals surface area contributed by atoms with Gasteiger partial charge >= 0.3 is 0 Å². The Morgan fingerprint density at radius 1 is 1.32 bits per heavy atom. The maximum absolute atomic E-state index is 14.0. The predicted octanol–water partition coefficient (Wildman–Crippen LogP) is 2.84. The van der Waals surface area contributed by atoms with E-state index in [0.29, 0.717) is 18.3 Å². The van der Waals surface area contributed by atoms with Crippen molar-refractivity contribution in [3.8, 4) is 5.75 Å². The second-order valence-corrected chi connectivity index (χ2v) is 5.03. The highest BCUT2D eigenvalue weighted by molar-refractivity contribution is 5.28. The molecule has 0 aromatic heterocycles. The number of likely N-dealkylation sites (tertiary alicyclic amines) is 1. The highest BCUT2D eigenvalue weighted by Crippen LogP contribution is 2.23. The molecule has 1 heterocycles. The summed E-state index contributed by atoms with van der Waals surface area (Å²) in [4.78, 5) is 2.32. The Bertz CT molecular complexity index is 409. The fourth-order valence-electron chi connectivity index (χ4n) is 2.65. The number of benzene rings is 1. The number of ether oxygens (including phenoxy) is 2. The minimum absolute atomic E-state index is 0.193. The molecule has 1 aromatic rings. The van der Waals surface area contributed by atoms with Crippen LogP contribution in [0.4, 0.5) is 4.39 Å². The minimum Gasteiger partial charge on any atom is -0.497 e. The van der Waals surface area contributed by atoms with E-state index in [2.05, 4.69) is 4.90 Å². The van der Waals surface area contributed by atoms with Crippen LogP contribution in [0.3, 0.4) is 0 Å². The summed E-state index contributed by atoms with van der Waals surface area (Å²) in [7, 11) is 3.27. The van der Waals surface area contributed by atoms with Crippen LogP contribution in [-0.2, 0) is 11.3 Å². The number of halogens is 1. The summed E-state index contributed by atoms with van der Waals surface area (Å²) < 4.78 is 24.3. The van der Waals surface area contributed by atoms with Gasteiger partial charge in [-0.15, -0.1) is 0 Å². The molecule has 0 saturated carbocycles. The Kier molecular flexibility index (Phi) is 5.16. The summed E-state index contributed by atoms with van der Waals surface area (Å²) in [5.41, 5.74) is 0.726. The first-order valence-electron chi connectivity index (χ1n) is 6.80. The second-order valence-electron chi connectivity index (χ2n) is 5.03. The molecule has 0 N–H and O–H groups in total. The van der Waals surface area contributed by atoms with E-state index in [1.54, 1.807) is 14.2 Å². The van der Waals surface area contributed by atoms with E-state index >= 15 is 0 Å². The van der Waals surface area contributed by atoms with Gasteiger partial charge in [-0.1, -0.05) is 12.5 Å². The highest BCUT2D eigenvalue weighted by Gasteiger charge is 2.23. The number of nitrogens with zero attached hydrogens (tertiary/aromatic N) is 1. The lowest BCUT2D eigenvalue weighted by Crippen LogP contribution is -2.41. The summed E-state index contributed by atoms with van der Waals surface area (Å²) in [6.45, 7) is 2.38. The van der Waals surface area contributed by atoms with Gasteiger partial charge in [0.25, 0.3) is 0 Å². The Balaban J connectivity index is 2.06. The van der Waals surface area contributed by atoms with Crippen LogP contribution in [0.15, 0.2) is 18.2 Å². The van der Waals surface area contributed by atoms with Crippen LogP contribution in [0.5, 0.6) is 5.75 Å². The molecule has 0 aliphatic carbocycles. The maximum Gasteiger partial charge on any atom is 0.131 e. The Morgan fingerprint density at radius 2 is 2.16 bits per heavy atom. The molecule has 1 aromatic carbocycles. The molecule has 0 bridgehead atoms. The zero-order valence-corrected chi connectivity index (χ0v) is 11.7. The van der Waals surface area contributed by atoms with Crippen molar-refractivity contribution in [3.05, 3.63) is 29.6 Å². The van der Waals surface area contributed by atoms with E-state index in [4.69, 9.17) is 9.47 Å². The molecule has 3 nitrogen and oxygen atoms in total. The van der Waals surface area contributed by atoms with Gasteiger partial charge in [0.15, 0.2) is 0 Å². The van der Waals surface area contributed by atoms with Crippen molar-refractivity contribution in [3.63, 3.8) is 0 Å². The molecule has 0 radical (unpaired) electrons. The molecule has 19 heavy (non-hydrogen) atoms. The van der Waals surface area contributed by atoms with E-state index < -0.39 is 0 Å². The van der Waals surface area contributed by atoms with E-state index in [0.717, 1.165) is 25.1 Å². The minimum atomic E-state index is -0.193. The van der Waals surface area contributed by atoms with Crippen molar-refractivity contribution < 1.29 is 13.9 Å². The Morgan fingerprint density at radius 3 is 2.84 bits per heavy atom. The van der Waals surface area contributed by atoms with Gasteiger partial charge < -0.3 is 9.47 Å². The summed E-state index contributed by atoms with van der Waals surface area (Å²) in [6, 6.07) is 5.48. The van der Waals surface area contributed by atoms with Crippen LogP contribution >= 0.6 is 0 Å². The van der Waals surface area contributed by atoms with Gasteiger partial charge in [0, 0.05) is 31.3 Å². The van der Waals surface area contributed by atoms with Gasteiger partial charge in [-0.3, -0.25) is 4.90 Å². The zero-order chi connectivity index (χ0) is 13.7.